The van der Waals surface area contributed by atoms with Crippen LogP contribution in [0.3, 0.4) is 0 Å². The van der Waals surface area contributed by atoms with E-state index in [0.717, 1.165) is 0 Å². The Bertz CT molecular complexity index is 443. The Hall–Kier alpha value is -2.08. The molecule has 0 spiro atoms. The topological polar surface area (TPSA) is 98.7 Å². The zero-order valence-electron chi connectivity index (χ0n) is 8.23. The fraction of sp³-hybridized carbons (Fsp3) is 0.200. The molecule has 1 fully saturated rings. The highest BCUT2D eigenvalue weighted by Crippen LogP contribution is 2.27. The Kier molecular flexibility index (Phi) is 2.28. The first-order chi connectivity index (χ1) is 7.52. The summed E-state index contributed by atoms with van der Waals surface area (Å²) in [6, 6.07) is 6.02. The maximum Gasteiger partial charge on any atom is 0.409 e. The van der Waals surface area contributed by atoms with Crippen LogP contribution < -0.4 is 10.6 Å². The van der Waals surface area contributed by atoms with Crippen LogP contribution in [0.15, 0.2) is 24.3 Å². The van der Waals surface area contributed by atoms with Crippen molar-refractivity contribution in [1.29, 1.82) is 0 Å². The average molecular weight is 222 g/mol. The van der Waals surface area contributed by atoms with Crippen molar-refractivity contribution in [3.8, 4) is 0 Å². The molecule has 1 aliphatic heterocycles. The number of amides is 2. The SMILES string of the molecule is O=C(O)Nc1ccc(C2(O)CNC2=O)cc1. The summed E-state index contributed by atoms with van der Waals surface area (Å²) in [6.45, 7) is 0.178. The number of rotatable bonds is 2. The van der Waals surface area contributed by atoms with Crippen molar-refractivity contribution in [1.82, 2.24) is 5.32 Å². The van der Waals surface area contributed by atoms with Crippen molar-refractivity contribution >= 4 is 17.7 Å². The molecule has 1 heterocycles. The van der Waals surface area contributed by atoms with E-state index in [9.17, 15) is 14.7 Å². The summed E-state index contributed by atoms with van der Waals surface area (Å²) in [5.74, 6) is -0.438. The lowest BCUT2D eigenvalue weighted by atomic mass is 9.87. The molecule has 0 saturated carbocycles. The third-order valence-corrected chi connectivity index (χ3v) is 2.49. The monoisotopic (exact) mass is 222 g/mol. The Morgan fingerprint density at radius 3 is 2.38 bits per heavy atom. The third kappa shape index (κ3) is 1.59. The van der Waals surface area contributed by atoms with Gasteiger partial charge in [-0.2, -0.15) is 0 Å². The van der Waals surface area contributed by atoms with Crippen molar-refractivity contribution in [2.75, 3.05) is 11.9 Å². The Morgan fingerprint density at radius 1 is 1.38 bits per heavy atom. The van der Waals surface area contributed by atoms with Crippen molar-refractivity contribution in [2.24, 2.45) is 0 Å². The number of carboxylic acid groups (broad SMARTS) is 1. The van der Waals surface area contributed by atoms with Gasteiger partial charge in [-0.15, -0.1) is 0 Å². The quantitative estimate of drug-likeness (QED) is 0.533. The van der Waals surface area contributed by atoms with Gasteiger partial charge in [-0.3, -0.25) is 10.1 Å². The van der Waals surface area contributed by atoms with Gasteiger partial charge in [0.05, 0.1) is 6.54 Å². The van der Waals surface area contributed by atoms with Gasteiger partial charge in [0.25, 0.3) is 5.91 Å². The van der Waals surface area contributed by atoms with Crippen LogP contribution in [0.1, 0.15) is 5.56 Å². The van der Waals surface area contributed by atoms with Crippen LogP contribution >= 0.6 is 0 Å². The number of hydrogen-bond donors (Lipinski definition) is 4. The first-order valence-electron chi connectivity index (χ1n) is 4.63. The molecule has 6 heteroatoms. The van der Waals surface area contributed by atoms with Gasteiger partial charge in [0.15, 0.2) is 5.60 Å². The first-order valence-corrected chi connectivity index (χ1v) is 4.63. The molecule has 2 amide bonds. The molecule has 0 aliphatic carbocycles. The predicted octanol–water partition coefficient (Wildman–Crippen LogP) is 0.0939. The van der Waals surface area contributed by atoms with E-state index in [4.69, 9.17) is 5.11 Å². The highest BCUT2D eigenvalue weighted by molar-refractivity contribution is 5.92. The number of anilines is 1. The Balaban J connectivity index is 2.19. The van der Waals surface area contributed by atoms with Crippen molar-refractivity contribution < 1.29 is 19.8 Å². The summed E-state index contributed by atoms with van der Waals surface area (Å²) in [6.07, 6.45) is -1.16. The molecule has 1 atom stereocenters. The molecule has 2 rings (SSSR count). The van der Waals surface area contributed by atoms with E-state index in [0.29, 0.717) is 11.3 Å². The molecule has 6 nitrogen and oxygen atoms in total. The van der Waals surface area contributed by atoms with Gasteiger partial charge in [0, 0.05) is 5.69 Å². The van der Waals surface area contributed by atoms with Gasteiger partial charge >= 0.3 is 6.09 Å². The van der Waals surface area contributed by atoms with Crippen LogP contribution in [0.5, 0.6) is 0 Å². The second kappa shape index (κ2) is 3.49. The highest BCUT2D eigenvalue weighted by Gasteiger charge is 2.45. The number of β-lactam (4-membered cyclic amide) rings is 1. The Labute approximate surface area is 90.9 Å². The average Bonchev–Trinajstić information content (AvgIpc) is 2.26. The molecule has 4 N–H and O–H groups in total. The van der Waals surface area contributed by atoms with E-state index in [1.807, 2.05) is 0 Å². The van der Waals surface area contributed by atoms with Gasteiger partial charge < -0.3 is 15.5 Å². The molecule has 0 aromatic heterocycles. The third-order valence-electron chi connectivity index (χ3n) is 2.49. The second-order valence-corrected chi connectivity index (χ2v) is 3.55. The molecule has 84 valence electrons. The lowest BCUT2D eigenvalue weighted by Gasteiger charge is -2.36. The summed E-state index contributed by atoms with van der Waals surface area (Å²) in [7, 11) is 0. The number of carbonyl (C=O) groups excluding carboxylic acids is 1. The largest absolute Gasteiger partial charge is 0.465 e. The maximum absolute atomic E-state index is 11.1. The van der Waals surface area contributed by atoms with Crippen LogP contribution in [-0.2, 0) is 10.4 Å². The van der Waals surface area contributed by atoms with Crippen molar-refractivity contribution in [3.63, 3.8) is 0 Å². The van der Waals surface area contributed by atoms with E-state index in [-0.39, 0.29) is 6.54 Å². The van der Waals surface area contributed by atoms with Crippen LogP contribution in [-0.4, -0.2) is 28.8 Å². The molecule has 1 aromatic rings. The van der Waals surface area contributed by atoms with Crippen LogP contribution in [0.2, 0.25) is 0 Å². The Morgan fingerprint density at radius 2 is 2.00 bits per heavy atom. The number of carbonyl (C=O) groups is 2. The molecular weight excluding hydrogens is 212 g/mol. The van der Waals surface area contributed by atoms with E-state index in [2.05, 4.69) is 10.6 Å². The minimum atomic E-state index is -1.47. The maximum atomic E-state index is 11.1. The van der Waals surface area contributed by atoms with E-state index >= 15 is 0 Å². The fourth-order valence-electron chi connectivity index (χ4n) is 1.51. The van der Waals surface area contributed by atoms with Crippen molar-refractivity contribution in [3.05, 3.63) is 29.8 Å². The number of aliphatic hydroxyl groups is 1. The number of hydrogen-bond acceptors (Lipinski definition) is 3. The minimum Gasteiger partial charge on any atom is -0.465 e. The van der Waals surface area contributed by atoms with Gasteiger partial charge in [-0.05, 0) is 17.7 Å². The van der Waals surface area contributed by atoms with E-state index < -0.39 is 17.6 Å². The zero-order valence-corrected chi connectivity index (χ0v) is 8.23. The molecule has 16 heavy (non-hydrogen) atoms. The zero-order chi connectivity index (χ0) is 11.8. The molecule has 0 bridgehead atoms. The predicted molar refractivity (Wildman–Crippen MR) is 55.0 cm³/mol. The van der Waals surface area contributed by atoms with Gasteiger partial charge in [-0.25, -0.2) is 4.79 Å². The molecule has 1 saturated heterocycles. The molecule has 1 unspecified atom stereocenters. The summed E-state index contributed by atoms with van der Waals surface area (Å²) < 4.78 is 0. The molecule has 0 radical (unpaired) electrons. The van der Waals surface area contributed by atoms with Crippen LogP contribution in [0.25, 0.3) is 0 Å². The smallest absolute Gasteiger partial charge is 0.409 e. The van der Waals surface area contributed by atoms with Gasteiger partial charge in [0.1, 0.15) is 0 Å². The second-order valence-electron chi connectivity index (χ2n) is 3.55. The summed E-state index contributed by atoms with van der Waals surface area (Å²) in [5.41, 5.74) is -0.631. The van der Waals surface area contributed by atoms with Gasteiger partial charge in [0.2, 0.25) is 0 Å². The molecular formula is C10H10N2O4. The van der Waals surface area contributed by atoms with Gasteiger partial charge in [-0.1, -0.05) is 12.1 Å². The van der Waals surface area contributed by atoms with E-state index in [1.165, 1.54) is 24.3 Å². The highest BCUT2D eigenvalue weighted by atomic mass is 16.4. The number of benzene rings is 1. The number of β-amino-alcohol motifs (C(OH)–C–C–N with tert-alkyl or cyclic N) is 1. The lowest BCUT2D eigenvalue weighted by molar-refractivity contribution is -0.153. The van der Waals surface area contributed by atoms with Crippen LogP contribution in [0.4, 0.5) is 10.5 Å². The lowest BCUT2D eigenvalue weighted by Crippen LogP contribution is -2.62. The fourth-order valence-corrected chi connectivity index (χ4v) is 1.51. The summed E-state index contributed by atoms with van der Waals surface area (Å²) in [4.78, 5) is 21.5. The first kappa shape index (κ1) is 10.4. The van der Waals surface area contributed by atoms with Crippen molar-refractivity contribution in [2.45, 2.75) is 5.60 Å². The molecule has 1 aliphatic rings. The van der Waals surface area contributed by atoms with E-state index in [1.54, 1.807) is 0 Å². The summed E-state index contributed by atoms with van der Waals surface area (Å²) in [5, 5.41) is 23.0. The minimum absolute atomic E-state index is 0.178. The normalized spacial score (nSPS) is 23.2. The molecule has 1 aromatic carbocycles. The summed E-state index contributed by atoms with van der Waals surface area (Å²) >= 11 is 0. The standard InChI is InChI=1S/C10H10N2O4/c13-8-10(16,5-11-8)6-1-3-7(4-2-6)12-9(14)15/h1-4,12,16H,5H2,(H,11,13)(H,14,15). The van der Waals surface area contributed by atoms with Crippen LogP contribution in [0, 0.1) is 0 Å². The number of nitrogens with one attached hydrogen (secondary N) is 2.